The van der Waals surface area contributed by atoms with Crippen molar-refractivity contribution in [2.24, 2.45) is 4.99 Å². The van der Waals surface area contributed by atoms with Crippen molar-refractivity contribution < 1.29 is 8.78 Å². The van der Waals surface area contributed by atoms with E-state index < -0.39 is 11.6 Å². The second-order valence-electron chi connectivity index (χ2n) is 5.03. The normalized spacial score (nSPS) is 11.0. The van der Waals surface area contributed by atoms with Gasteiger partial charge in [-0.2, -0.15) is 0 Å². The van der Waals surface area contributed by atoms with E-state index in [1.54, 1.807) is 18.4 Å². The van der Waals surface area contributed by atoms with Gasteiger partial charge in [0.05, 0.1) is 12.2 Å². The van der Waals surface area contributed by atoms with E-state index in [9.17, 15) is 8.78 Å². The Morgan fingerprint density at radius 3 is 2.58 bits per heavy atom. The van der Waals surface area contributed by atoms with Gasteiger partial charge in [-0.15, -0.1) is 35.3 Å². The molecule has 24 heavy (non-hydrogen) atoms. The summed E-state index contributed by atoms with van der Waals surface area (Å²) in [5.74, 6) is -0.428. The zero-order chi connectivity index (χ0) is 16.8. The van der Waals surface area contributed by atoms with Crippen molar-refractivity contribution in [2.45, 2.75) is 13.1 Å². The van der Waals surface area contributed by atoms with Gasteiger partial charge < -0.3 is 15.5 Å². The van der Waals surface area contributed by atoms with Crippen LogP contribution in [-0.4, -0.2) is 32.1 Å². The van der Waals surface area contributed by atoms with Crippen molar-refractivity contribution in [1.82, 2.24) is 15.6 Å². The summed E-state index contributed by atoms with van der Waals surface area (Å²) >= 11 is 1.55. The third kappa shape index (κ3) is 5.86. The first-order chi connectivity index (χ1) is 11.0. The molecule has 0 atom stereocenters. The van der Waals surface area contributed by atoms with Crippen LogP contribution < -0.4 is 15.5 Å². The first-order valence-electron chi connectivity index (χ1n) is 6.99. The van der Waals surface area contributed by atoms with E-state index in [2.05, 4.69) is 20.6 Å². The number of anilines is 1. The molecule has 0 aliphatic heterocycles. The molecule has 1 aromatic heterocycles. The summed E-state index contributed by atoms with van der Waals surface area (Å²) in [6.07, 6.45) is 0. The third-order valence-corrected chi connectivity index (χ3v) is 4.09. The lowest BCUT2D eigenvalue weighted by Gasteiger charge is -2.11. The number of hydrogen-bond donors (Lipinski definition) is 2. The van der Waals surface area contributed by atoms with Crippen molar-refractivity contribution >= 4 is 46.4 Å². The van der Waals surface area contributed by atoms with Crippen LogP contribution in [-0.2, 0) is 13.1 Å². The van der Waals surface area contributed by atoms with Crippen molar-refractivity contribution in [3.63, 3.8) is 0 Å². The lowest BCUT2D eigenvalue weighted by molar-refractivity contribution is 0.581. The van der Waals surface area contributed by atoms with Crippen LogP contribution in [0.4, 0.5) is 13.9 Å². The average molecular weight is 467 g/mol. The van der Waals surface area contributed by atoms with Gasteiger partial charge in [-0.05, 0) is 18.2 Å². The number of guanidine groups is 1. The predicted octanol–water partition coefficient (Wildman–Crippen LogP) is 2.97. The summed E-state index contributed by atoms with van der Waals surface area (Å²) in [6, 6.07) is 3.37. The lowest BCUT2D eigenvalue weighted by Crippen LogP contribution is -2.36. The second-order valence-corrected chi connectivity index (χ2v) is 5.87. The summed E-state index contributed by atoms with van der Waals surface area (Å²) in [6.45, 7) is 0.638. The van der Waals surface area contributed by atoms with Gasteiger partial charge in [0, 0.05) is 38.6 Å². The zero-order valence-electron chi connectivity index (χ0n) is 13.6. The summed E-state index contributed by atoms with van der Waals surface area (Å²) in [7, 11) is 5.48. The smallest absolute Gasteiger partial charge is 0.191 e. The van der Waals surface area contributed by atoms with E-state index in [0.29, 0.717) is 12.5 Å². The number of halogens is 3. The molecular formula is C15H20F2IN5S. The molecular weight excluding hydrogens is 447 g/mol. The average Bonchev–Trinajstić information content (AvgIpc) is 3.00. The number of hydrogen-bond acceptors (Lipinski definition) is 4. The number of benzene rings is 1. The van der Waals surface area contributed by atoms with Crippen LogP contribution in [0.1, 0.15) is 11.3 Å². The molecule has 0 radical (unpaired) electrons. The molecule has 0 amide bonds. The minimum absolute atomic E-state index is 0. The van der Waals surface area contributed by atoms with Crippen LogP contribution in [0.3, 0.4) is 0 Å². The predicted molar refractivity (Wildman–Crippen MR) is 105 cm³/mol. The van der Waals surface area contributed by atoms with Gasteiger partial charge in [0.1, 0.15) is 11.6 Å². The number of thiazole rings is 1. The molecule has 0 bridgehead atoms. The van der Waals surface area contributed by atoms with Crippen LogP contribution in [0.2, 0.25) is 0 Å². The maximum atomic E-state index is 13.6. The molecule has 2 N–H and O–H groups in total. The third-order valence-electron chi connectivity index (χ3n) is 3.04. The van der Waals surface area contributed by atoms with Gasteiger partial charge in [-0.1, -0.05) is 0 Å². The topological polar surface area (TPSA) is 52.6 Å². The highest BCUT2D eigenvalue weighted by Crippen LogP contribution is 2.17. The first-order valence-corrected chi connectivity index (χ1v) is 7.87. The Hall–Kier alpha value is -1.49. The standard InChI is InChI=1S/C15H19F2N5S.HI/c1-18-14(19-7-10-6-11(16)4-5-13(10)17)20-8-12-9-23-15(21-12)22(2)3;/h4-6,9H,7-8H2,1-3H3,(H2,18,19,20);1H. The minimum atomic E-state index is -0.468. The van der Waals surface area contributed by atoms with E-state index >= 15 is 0 Å². The highest BCUT2D eigenvalue weighted by Gasteiger charge is 2.07. The molecule has 9 heteroatoms. The number of aromatic nitrogens is 1. The SMILES string of the molecule is CN=C(NCc1csc(N(C)C)n1)NCc1cc(F)ccc1F.I. The number of rotatable bonds is 5. The maximum absolute atomic E-state index is 13.6. The Bertz CT molecular complexity index is 690. The Labute approximate surface area is 161 Å². The molecule has 2 rings (SSSR count). The first kappa shape index (κ1) is 20.6. The molecule has 2 aromatic rings. The van der Waals surface area contributed by atoms with Crippen LogP contribution in [0.25, 0.3) is 0 Å². The van der Waals surface area contributed by atoms with Crippen LogP contribution in [0, 0.1) is 11.6 Å². The van der Waals surface area contributed by atoms with Gasteiger partial charge in [0.25, 0.3) is 0 Å². The molecule has 0 spiro atoms. The summed E-state index contributed by atoms with van der Waals surface area (Å²) in [4.78, 5) is 10.4. The highest BCUT2D eigenvalue weighted by molar-refractivity contribution is 14.0. The Morgan fingerprint density at radius 1 is 1.25 bits per heavy atom. The molecule has 1 aromatic carbocycles. The van der Waals surface area contributed by atoms with Crippen molar-refractivity contribution in [3.8, 4) is 0 Å². The summed E-state index contributed by atoms with van der Waals surface area (Å²) in [5, 5.41) is 8.92. The quantitative estimate of drug-likeness (QED) is 0.404. The molecule has 0 unspecified atom stereocenters. The monoisotopic (exact) mass is 467 g/mol. The van der Waals surface area contributed by atoms with E-state index in [1.807, 2.05) is 24.4 Å². The molecule has 0 aliphatic rings. The van der Waals surface area contributed by atoms with Gasteiger partial charge >= 0.3 is 0 Å². The number of aliphatic imine (C=N–C) groups is 1. The number of nitrogens with zero attached hydrogens (tertiary/aromatic N) is 3. The Morgan fingerprint density at radius 2 is 1.96 bits per heavy atom. The van der Waals surface area contributed by atoms with Gasteiger partial charge in [0.2, 0.25) is 0 Å². The lowest BCUT2D eigenvalue weighted by atomic mass is 10.2. The summed E-state index contributed by atoms with van der Waals surface area (Å²) < 4.78 is 26.7. The van der Waals surface area contributed by atoms with Crippen LogP contribution >= 0.6 is 35.3 Å². The molecule has 5 nitrogen and oxygen atoms in total. The van der Waals surface area contributed by atoms with Crippen LogP contribution in [0.5, 0.6) is 0 Å². The molecule has 0 saturated carbocycles. The summed E-state index contributed by atoms with van der Waals surface area (Å²) in [5.41, 5.74) is 1.13. The van der Waals surface area contributed by atoms with E-state index in [1.165, 1.54) is 6.07 Å². The molecule has 1 heterocycles. The van der Waals surface area contributed by atoms with E-state index in [-0.39, 0.29) is 36.1 Å². The second kappa shape index (κ2) is 9.72. The highest BCUT2D eigenvalue weighted by atomic mass is 127. The zero-order valence-corrected chi connectivity index (χ0v) is 16.8. The van der Waals surface area contributed by atoms with E-state index in [4.69, 9.17) is 0 Å². The largest absolute Gasteiger partial charge is 0.354 e. The van der Waals surface area contributed by atoms with Gasteiger partial charge in [-0.25, -0.2) is 13.8 Å². The van der Waals surface area contributed by atoms with Crippen molar-refractivity contribution in [3.05, 3.63) is 46.5 Å². The fourth-order valence-corrected chi connectivity index (χ4v) is 2.59. The fraction of sp³-hybridized carbons (Fsp3) is 0.333. The van der Waals surface area contributed by atoms with Crippen LogP contribution in [0.15, 0.2) is 28.6 Å². The van der Waals surface area contributed by atoms with Crippen molar-refractivity contribution in [2.75, 3.05) is 26.0 Å². The molecule has 132 valence electrons. The molecule has 0 aliphatic carbocycles. The Kier molecular flexibility index (Phi) is 8.32. The van der Waals surface area contributed by atoms with E-state index in [0.717, 1.165) is 23.0 Å². The van der Waals surface area contributed by atoms with Gasteiger partial charge in [-0.3, -0.25) is 4.99 Å². The van der Waals surface area contributed by atoms with Crippen molar-refractivity contribution in [1.29, 1.82) is 0 Å². The molecule has 0 fully saturated rings. The fourth-order valence-electron chi connectivity index (χ4n) is 1.84. The van der Waals surface area contributed by atoms with Gasteiger partial charge in [0.15, 0.2) is 11.1 Å². The minimum Gasteiger partial charge on any atom is -0.354 e. The number of nitrogens with one attached hydrogen (secondary N) is 2. The maximum Gasteiger partial charge on any atom is 0.191 e. The molecule has 0 saturated heterocycles. The Balaban J connectivity index is 0.00000288.